The molecule has 6 nitrogen and oxygen atoms in total. The zero-order valence-corrected chi connectivity index (χ0v) is 17.3. The fourth-order valence-corrected chi connectivity index (χ4v) is 7.03. The number of carbonyl (C=O) groups is 1. The van der Waals surface area contributed by atoms with E-state index < -0.39 is 17.5 Å². The van der Waals surface area contributed by atoms with E-state index >= 15 is 0 Å². The summed E-state index contributed by atoms with van der Waals surface area (Å²) in [5.41, 5.74) is 0. The Bertz CT molecular complexity index is 783. The van der Waals surface area contributed by atoms with Gasteiger partial charge in [0.25, 0.3) is 0 Å². The van der Waals surface area contributed by atoms with Crippen LogP contribution >= 0.6 is 7.26 Å². The summed E-state index contributed by atoms with van der Waals surface area (Å²) in [4.78, 5) is 12.4. The number of benzene rings is 3. The zero-order valence-electron chi connectivity index (χ0n) is 15.7. The van der Waals surface area contributed by atoms with E-state index in [0.29, 0.717) is 6.16 Å². The van der Waals surface area contributed by atoms with Gasteiger partial charge in [-0.15, -0.1) is 0 Å². The lowest BCUT2D eigenvalue weighted by atomic mass is 10.4. The van der Waals surface area contributed by atoms with E-state index in [1.807, 2.05) is 54.6 Å². The minimum absolute atomic E-state index is 0.181. The lowest BCUT2D eigenvalue weighted by Crippen LogP contribution is -2.58. The Hall–Kier alpha value is -2.31. The van der Waals surface area contributed by atoms with Gasteiger partial charge < -0.3 is 4.74 Å². The van der Waals surface area contributed by atoms with Crippen LogP contribution in [0.15, 0.2) is 91.0 Å². The summed E-state index contributed by atoms with van der Waals surface area (Å²) in [5, 5.41) is 3.56. The molecule has 0 saturated heterocycles. The van der Waals surface area contributed by atoms with E-state index in [-0.39, 0.29) is 5.97 Å². The molecule has 0 bridgehead atoms. The van der Waals surface area contributed by atoms with Crippen molar-refractivity contribution in [1.82, 2.24) is 0 Å². The van der Waals surface area contributed by atoms with Crippen molar-refractivity contribution in [3.63, 3.8) is 0 Å². The SMILES string of the molecule is COC(=O)C[P+](c1ccccc1)(c1ccccc1)c1ccccc1.[O-][Cl+3]([O-])([O-])O. The van der Waals surface area contributed by atoms with Gasteiger partial charge in [0, 0.05) is 0 Å². The number of carbonyl (C=O) groups excluding carboxylic acids is 1. The lowest BCUT2D eigenvalue weighted by molar-refractivity contribution is -1.92. The summed E-state index contributed by atoms with van der Waals surface area (Å²) in [6.07, 6.45) is 0.363. The first-order valence-corrected chi connectivity index (χ1v) is 11.8. The Balaban J connectivity index is 0.000000537. The van der Waals surface area contributed by atoms with E-state index in [2.05, 4.69) is 36.4 Å². The molecule has 0 atom stereocenters. The Labute approximate surface area is 172 Å². The standard InChI is InChI=1S/C21H20O2P.ClHO4/c1-23-21(22)17-24(18-11-5-2-6-12-18,19-13-7-3-8-14-19)20-15-9-4-10-16-20;2-1(3,4)5/h2-16H,17H2,1H3;(H,2,3,4,5)/q+1;. The second kappa shape index (κ2) is 10.5. The number of rotatable bonds is 5. The van der Waals surface area contributed by atoms with E-state index in [0.717, 1.165) is 0 Å². The van der Waals surface area contributed by atoms with Gasteiger partial charge in [-0.1, -0.05) is 54.6 Å². The highest BCUT2D eigenvalue weighted by Gasteiger charge is 2.47. The highest BCUT2D eigenvalue weighted by molar-refractivity contribution is 7.96. The van der Waals surface area contributed by atoms with Crippen LogP contribution in [-0.2, 0) is 9.53 Å². The maximum Gasteiger partial charge on any atom is 0.344 e. The van der Waals surface area contributed by atoms with Gasteiger partial charge in [0.15, 0.2) is 6.16 Å². The van der Waals surface area contributed by atoms with Crippen molar-refractivity contribution in [2.45, 2.75) is 0 Å². The predicted octanol–water partition coefficient (Wildman–Crippen LogP) is -0.970. The van der Waals surface area contributed by atoms with Crippen molar-refractivity contribution in [2.24, 2.45) is 0 Å². The maximum absolute atomic E-state index is 12.4. The molecular formula is C21H21ClO6P+. The second-order valence-corrected chi connectivity index (χ2v) is 10.2. The third kappa shape index (κ3) is 6.61. The summed E-state index contributed by atoms with van der Waals surface area (Å²) in [5.74, 6) is -0.181. The third-order valence-electron chi connectivity index (χ3n) is 4.18. The van der Waals surface area contributed by atoms with Gasteiger partial charge in [0.05, 0.1) is 22.0 Å². The molecule has 1 N–H and O–H groups in total. The van der Waals surface area contributed by atoms with Crippen LogP contribution in [-0.4, -0.2) is 23.9 Å². The molecule has 0 saturated carbocycles. The topological polar surface area (TPSA) is 116 Å². The van der Waals surface area contributed by atoms with Crippen LogP contribution in [0.5, 0.6) is 0 Å². The monoisotopic (exact) mass is 435 g/mol. The first-order valence-electron chi connectivity index (χ1n) is 8.52. The van der Waals surface area contributed by atoms with Gasteiger partial charge in [-0.2, -0.15) is 14.0 Å². The first-order chi connectivity index (χ1) is 13.8. The van der Waals surface area contributed by atoms with E-state index in [9.17, 15) is 4.79 Å². The fraction of sp³-hybridized carbons (Fsp3) is 0.0952. The van der Waals surface area contributed by atoms with E-state index in [1.165, 1.54) is 23.0 Å². The molecule has 3 rings (SSSR count). The fourth-order valence-electron chi connectivity index (χ4n) is 3.03. The average molecular weight is 436 g/mol. The molecule has 3 aromatic rings. The van der Waals surface area contributed by atoms with Crippen LogP contribution in [0.3, 0.4) is 0 Å². The van der Waals surface area contributed by atoms with Crippen molar-refractivity contribution in [1.29, 1.82) is 0 Å². The van der Waals surface area contributed by atoms with Crippen molar-refractivity contribution in [3.8, 4) is 0 Å². The zero-order chi connectivity index (χ0) is 21.3. The molecule has 29 heavy (non-hydrogen) atoms. The number of hydrogen-bond donors (Lipinski definition) is 1. The lowest BCUT2D eigenvalue weighted by Gasteiger charge is -2.26. The molecule has 0 unspecified atom stereocenters. The van der Waals surface area contributed by atoms with Crippen molar-refractivity contribution >= 4 is 29.1 Å². The number of hydrogen-bond acceptors (Lipinski definition) is 6. The van der Waals surface area contributed by atoms with E-state index in [4.69, 9.17) is 23.4 Å². The predicted molar refractivity (Wildman–Crippen MR) is 104 cm³/mol. The molecule has 0 spiro atoms. The molecule has 0 fully saturated rings. The van der Waals surface area contributed by atoms with Crippen LogP contribution in [0.25, 0.3) is 0 Å². The van der Waals surface area contributed by atoms with Gasteiger partial charge in [0.2, 0.25) is 0 Å². The molecule has 0 heterocycles. The normalized spacial score (nSPS) is 11.2. The molecular weight excluding hydrogens is 415 g/mol. The van der Waals surface area contributed by atoms with Gasteiger partial charge in [0.1, 0.15) is 23.2 Å². The summed E-state index contributed by atoms with van der Waals surface area (Å²) in [6.45, 7) is 0. The maximum atomic E-state index is 12.4. The summed E-state index contributed by atoms with van der Waals surface area (Å²) in [7, 11) is -5.34. The minimum atomic E-state index is -4.69. The quantitative estimate of drug-likeness (QED) is 0.407. The highest BCUT2D eigenvalue weighted by atomic mass is 35.7. The Morgan fingerprint density at radius 1 is 0.793 bits per heavy atom. The largest absolute Gasteiger partial charge is 0.466 e. The van der Waals surface area contributed by atoms with Crippen molar-refractivity contribution in [3.05, 3.63) is 91.0 Å². The highest BCUT2D eigenvalue weighted by Crippen LogP contribution is 2.55. The molecule has 152 valence electrons. The molecule has 0 aliphatic rings. The molecule has 3 aromatic carbocycles. The van der Waals surface area contributed by atoms with Crippen molar-refractivity contribution in [2.75, 3.05) is 13.3 Å². The molecule has 0 aromatic heterocycles. The second-order valence-electron chi connectivity index (χ2n) is 5.95. The molecule has 0 amide bonds. The van der Waals surface area contributed by atoms with E-state index in [1.54, 1.807) is 0 Å². The molecule has 0 aliphatic carbocycles. The number of halogens is 1. The smallest absolute Gasteiger partial charge is 0.344 e. The van der Waals surface area contributed by atoms with Crippen LogP contribution in [0.2, 0.25) is 0 Å². The van der Waals surface area contributed by atoms with Gasteiger partial charge in [-0.05, 0) is 36.4 Å². The van der Waals surface area contributed by atoms with Crippen LogP contribution < -0.4 is 29.9 Å². The summed E-state index contributed by atoms with van der Waals surface area (Å²) >= 11 is 0. The van der Waals surface area contributed by atoms with Gasteiger partial charge >= 0.3 is 5.97 Å². The Morgan fingerprint density at radius 3 is 1.31 bits per heavy atom. The molecule has 8 heteroatoms. The Kier molecular flexibility index (Phi) is 8.29. The Morgan fingerprint density at radius 2 is 1.07 bits per heavy atom. The average Bonchev–Trinajstić information content (AvgIpc) is 2.72. The number of esters is 1. The van der Waals surface area contributed by atoms with Crippen LogP contribution in [0.4, 0.5) is 0 Å². The minimum Gasteiger partial charge on any atom is -0.466 e. The summed E-state index contributed by atoms with van der Waals surface area (Å²) in [6, 6.07) is 31.0. The van der Waals surface area contributed by atoms with Gasteiger partial charge in [-0.3, -0.25) is 0 Å². The van der Waals surface area contributed by atoms with Crippen molar-refractivity contribution < 1.29 is 38.4 Å². The van der Waals surface area contributed by atoms with Gasteiger partial charge in [-0.25, -0.2) is 4.79 Å². The van der Waals surface area contributed by atoms with Crippen LogP contribution in [0.1, 0.15) is 0 Å². The molecule has 0 aliphatic heterocycles. The van der Waals surface area contributed by atoms with Crippen LogP contribution in [0, 0.1) is 10.2 Å². The first kappa shape index (κ1) is 23.0. The summed E-state index contributed by atoms with van der Waals surface area (Å²) < 4.78 is 37.8. The molecule has 0 radical (unpaired) electrons. The number of ether oxygens (including phenoxy) is 1. The number of methoxy groups -OCH3 is 1. The third-order valence-corrected chi connectivity index (χ3v) is 8.46.